The monoisotopic (exact) mass is 288 g/mol. The van der Waals surface area contributed by atoms with Crippen LogP contribution in [0.15, 0.2) is 48.5 Å². The fraction of sp³-hybridized carbons (Fsp3) is 0.188. The van der Waals surface area contributed by atoms with Crippen LogP contribution in [0.1, 0.15) is 5.56 Å². The minimum atomic E-state index is -0.307. The van der Waals surface area contributed by atoms with E-state index in [9.17, 15) is 9.18 Å². The molecule has 2 aromatic rings. The van der Waals surface area contributed by atoms with Crippen molar-refractivity contribution in [1.82, 2.24) is 5.32 Å². The molecule has 0 saturated carbocycles. The lowest BCUT2D eigenvalue weighted by molar-refractivity contribution is 0.247. The molecular formula is C16H17FN2O2. The number of carbonyl (C=O) groups excluding carboxylic acids is 1. The fourth-order valence-electron chi connectivity index (χ4n) is 1.74. The molecule has 0 aliphatic heterocycles. The lowest BCUT2D eigenvalue weighted by Gasteiger charge is -2.10. The first-order chi connectivity index (χ1) is 10.1. The third-order valence-electron chi connectivity index (χ3n) is 2.86. The maximum absolute atomic E-state index is 12.7. The second kappa shape index (κ2) is 7.28. The Morgan fingerprint density at radius 1 is 1.14 bits per heavy atom. The molecule has 2 amide bonds. The van der Waals surface area contributed by atoms with E-state index < -0.39 is 0 Å². The van der Waals surface area contributed by atoms with Crippen LogP contribution in [0, 0.1) is 12.7 Å². The van der Waals surface area contributed by atoms with Gasteiger partial charge in [0.1, 0.15) is 18.2 Å². The number of anilines is 1. The number of aryl methyl sites for hydroxylation is 1. The molecule has 0 aromatic heterocycles. The van der Waals surface area contributed by atoms with E-state index in [0.717, 1.165) is 11.3 Å². The largest absolute Gasteiger partial charge is 0.492 e. The quantitative estimate of drug-likeness (QED) is 0.829. The highest BCUT2D eigenvalue weighted by Crippen LogP contribution is 2.12. The average molecular weight is 288 g/mol. The molecule has 0 unspecified atom stereocenters. The number of hydrogen-bond acceptors (Lipinski definition) is 2. The Labute approximate surface area is 122 Å². The summed E-state index contributed by atoms with van der Waals surface area (Å²) in [6.45, 7) is 2.59. The van der Waals surface area contributed by atoms with Crippen LogP contribution in [-0.4, -0.2) is 19.2 Å². The van der Waals surface area contributed by atoms with Gasteiger partial charge in [0.25, 0.3) is 0 Å². The predicted octanol–water partition coefficient (Wildman–Crippen LogP) is 3.33. The molecule has 2 rings (SSSR count). The highest BCUT2D eigenvalue weighted by atomic mass is 19.1. The van der Waals surface area contributed by atoms with Crippen molar-refractivity contribution in [1.29, 1.82) is 0 Å². The average Bonchev–Trinajstić information content (AvgIpc) is 2.48. The summed E-state index contributed by atoms with van der Waals surface area (Å²) >= 11 is 0. The first-order valence-corrected chi connectivity index (χ1v) is 6.64. The number of nitrogens with one attached hydrogen (secondary N) is 2. The van der Waals surface area contributed by atoms with Crippen molar-refractivity contribution in [3.05, 3.63) is 59.9 Å². The summed E-state index contributed by atoms with van der Waals surface area (Å²) in [7, 11) is 0. The topological polar surface area (TPSA) is 50.4 Å². The zero-order valence-corrected chi connectivity index (χ0v) is 11.7. The van der Waals surface area contributed by atoms with Crippen LogP contribution in [0.2, 0.25) is 0 Å². The molecule has 0 spiro atoms. The van der Waals surface area contributed by atoms with Crippen LogP contribution < -0.4 is 15.4 Å². The third-order valence-corrected chi connectivity index (χ3v) is 2.86. The minimum Gasteiger partial charge on any atom is -0.492 e. The molecule has 0 radical (unpaired) electrons. The number of hydrogen-bond donors (Lipinski definition) is 2. The van der Waals surface area contributed by atoms with Gasteiger partial charge in [-0.05, 0) is 42.8 Å². The van der Waals surface area contributed by atoms with Gasteiger partial charge in [-0.2, -0.15) is 0 Å². The molecule has 110 valence electrons. The van der Waals surface area contributed by atoms with Crippen molar-refractivity contribution in [2.24, 2.45) is 0 Å². The second-order valence-corrected chi connectivity index (χ2v) is 4.50. The van der Waals surface area contributed by atoms with E-state index in [-0.39, 0.29) is 11.8 Å². The normalized spacial score (nSPS) is 10.0. The lowest BCUT2D eigenvalue weighted by atomic mass is 10.2. The molecule has 2 aromatic carbocycles. The molecule has 21 heavy (non-hydrogen) atoms. The Balaban J connectivity index is 1.70. The summed E-state index contributed by atoms with van der Waals surface area (Å²) in [5.41, 5.74) is 1.77. The van der Waals surface area contributed by atoms with Crippen molar-refractivity contribution >= 4 is 11.7 Å². The van der Waals surface area contributed by atoms with E-state index >= 15 is 0 Å². The van der Waals surface area contributed by atoms with Crippen molar-refractivity contribution < 1.29 is 13.9 Å². The number of ether oxygens (including phenoxy) is 1. The molecule has 2 N–H and O–H groups in total. The maximum atomic E-state index is 12.7. The summed E-state index contributed by atoms with van der Waals surface area (Å²) in [6, 6.07) is 13.0. The standard InChI is InChI=1S/C16H17FN2O2/c1-12-4-2-3-5-15(12)19-16(20)18-10-11-21-14-8-6-13(17)7-9-14/h2-9H,10-11H2,1H3,(H2,18,19,20). The Morgan fingerprint density at radius 2 is 1.86 bits per heavy atom. The van der Waals surface area contributed by atoms with E-state index in [1.807, 2.05) is 31.2 Å². The summed E-state index contributed by atoms with van der Waals surface area (Å²) in [5, 5.41) is 5.45. The van der Waals surface area contributed by atoms with E-state index in [4.69, 9.17) is 4.74 Å². The number of amides is 2. The highest BCUT2D eigenvalue weighted by Gasteiger charge is 2.03. The van der Waals surface area contributed by atoms with E-state index in [1.165, 1.54) is 12.1 Å². The SMILES string of the molecule is Cc1ccccc1NC(=O)NCCOc1ccc(F)cc1. The van der Waals surface area contributed by atoms with Gasteiger partial charge in [-0.3, -0.25) is 0 Å². The van der Waals surface area contributed by atoms with Crippen LogP contribution in [0.25, 0.3) is 0 Å². The molecule has 0 heterocycles. The molecule has 0 aliphatic carbocycles. The predicted molar refractivity (Wildman–Crippen MR) is 80.1 cm³/mol. The van der Waals surface area contributed by atoms with Crippen molar-refractivity contribution in [3.8, 4) is 5.75 Å². The Morgan fingerprint density at radius 3 is 2.57 bits per heavy atom. The van der Waals surface area contributed by atoms with Crippen LogP contribution in [0.4, 0.5) is 14.9 Å². The van der Waals surface area contributed by atoms with E-state index in [2.05, 4.69) is 10.6 Å². The number of carbonyl (C=O) groups is 1. The fourth-order valence-corrected chi connectivity index (χ4v) is 1.74. The Kier molecular flexibility index (Phi) is 5.15. The highest BCUT2D eigenvalue weighted by molar-refractivity contribution is 5.89. The summed E-state index contributed by atoms with van der Waals surface area (Å²) in [5.74, 6) is 0.260. The van der Waals surface area contributed by atoms with Gasteiger partial charge in [0.05, 0.1) is 6.54 Å². The van der Waals surface area contributed by atoms with Gasteiger partial charge in [0, 0.05) is 5.69 Å². The molecule has 0 atom stereocenters. The van der Waals surface area contributed by atoms with Gasteiger partial charge >= 0.3 is 6.03 Å². The molecule has 0 aliphatic rings. The van der Waals surface area contributed by atoms with Gasteiger partial charge in [-0.15, -0.1) is 0 Å². The molecular weight excluding hydrogens is 271 g/mol. The molecule has 0 saturated heterocycles. The van der Waals surface area contributed by atoms with Crippen molar-refractivity contribution in [2.45, 2.75) is 6.92 Å². The van der Waals surface area contributed by atoms with Gasteiger partial charge < -0.3 is 15.4 Å². The van der Waals surface area contributed by atoms with Crippen LogP contribution in [-0.2, 0) is 0 Å². The number of rotatable bonds is 5. The van der Waals surface area contributed by atoms with Crippen molar-refractivity contribution in [2.75, 3.05) is 18.5 Å². The number of halogens is 1. The zero-order valence-electron chi connectivity index (χ0n) is 11.7. The van der Waals surface area contributed by atoms with Gasteiger partial charge in [-0.1, -0.05) is 18.2 Å². The van der Waals surface area contributed by atoms with E-state index in [0.29, 0.717) is 18.9 Å². The molecule has 5 heteroatoms. The third kappa shape index (κ3) is 4.80. The molecule has 0 fully saturated rings. The van der Waals surface area contributed by atoms with Crippen LogP contribution in [0.3, 0.4) is 0 Å². The summed E-state index contributed by atoms with van der Waals surface area (Å²) in [6.07, 6.45) is 0. The smallest absolute Gasteiger partial charge is 0.319 e. The number of benzene rings is 2. The maximum Gasteiger partial charge on any atom is 0.319 e. The summed E-state index contributed by atoms with van der Waals surface area (Å²) < 4.78 is 18.1. The lowest BCUT2D eigenvalue weighted by Crippen LogP contribution is -2.32. The van der Waals surface area contributed by atoms with Crippen LogP contribution in [0.5, 0.6) is 5.75 Å². The van der Waals surface area contributed by atoms with E-state index in [1.54, 1.807) is 12.1 Å². The summed E-state index contributed by atoms with van der Waals surface area (Å²) in [4.78, 5) is 11.7. The molecule has 4 nitrogen and oxygen atoms in total. The first kappa shape index (κ1) is 14.8. The van der Waals surface area contributed by atoms with Gasteiger partial charge in [-0.25, -0.2) is 9.18 Å². The molecule has 0 bridgehead atoms. The Hall–Kier alpha value is -2.56. The van der Waals surface area contributed by atoms with Gasteiger partial charge in [0.2, 0.25) is 0 Å². The van der Waals surface area contributed by atoms with Crippen LogP contribution >= 0.6 is 0 Å². The van der Waals surface area contributed by atoms with Gasteiger partial charge in [0.15, 0.2) is 0 Å². The zero-order chi connectivity index (χ0) is 15.1. The first-order valence-electron chi connectivity index (χ1n) is 6.64. The number of urea groups is 1. The minimum absolute atomic E-state index is 0.285. The Bertz CT molecular complexity index is 599. The second-order valence-electron chi connectivity index (χ2n) is 4.50. The number of para-hydroxylation sites is 1. The van der Waals surface area contributed by atoms with Crippen molar-refractivity contribution in [3.63, 3.8) is 0 Å².